The van der Waals surface area contributed by atoms with Crippen LogP contribution in [-0.4, -0.2) is 15.0 Å². The molecule has 0 atom stereocenters. The van der Waals surface area contributed by atoms with Crippen LogP contribution in [0.2, 0.25) is 0 Å². The third-order valence-electron chi connectivity index (χ3n) is 4.59. The molecule has 0 spiro atoms. The van der Waals surface area contributed by atoms with Gasteiger partial charge in [-0.05, 0) is 31.7 Å². The van der Waals surface area contributed by atoms with Crippen LogP contribution >= 0.6 is 23.1 Å². The second-order valence-electron chi connectivity index (χ2n) is 6.39. The van der Waals surface area contributed by atoms with Crippen LogP contribution in [0.15, 0.2) is 46.0 Å². The van der Waals surface area contributed by atoms with Gasteiger partial charge in [0.1, 0.15) is 15.7 Å². The Kier molecular flexibility index (Phi) is 4.02. The van der Waals surface area contributed by atoms with E-state index in [0.717, 1.165) is 39.3 Å². The Morgan fingerprint density at radius 3 is 2.92 bits per heavy atom. The van der Waals surface area contributed by atoms with E-state index in [1.54, 1.807) is 18.0 Å². The summed E-state index contributed by atoms with van der Waals surface area (Å²) in [5, 5.41) is 2.32. The lowest BCUT2D eigenvalue weighted by molar-refractivity contribution is 0.530. The molecule has 130 valence electrons. The van der Waals surface area contributed by atoms with Crippen LogP contribution in [0.3, 0.4) is 0 Å². The van der Waals surface area contributed by atoms with E-state index in [0.29, 0.717) is 5.75 Å². The molecule has 0 unspecified atom stereocenters. The summed E-state index contributed by atoms with van der Waals surface area (Å²) in [6, 6.07) is 10.1. The Morgan fingerprint density at radius 2 is 2.04 bits per heavy atom. The van der Waals surface area contributed by atoms with Gasteiger partial charge in [-0.3, -0.25) is 0 Å². The predicted octanol–water partition coefficient (Wildman–Crippen LogP) is 5.44. The number of aromatic nitrogens is 3. The summed E-state index contributed by atoms with van der Waals surface area (Å²) >= 11 is 3.53. The molecule has 5 rings (SSSR count). The van der Waals surface area contributed by atoms with Crippen molar-refractivity contribution in [3.05, 3.63) is 58.7 Å². The van der Waals surface area contributed by atoms with Crippen LogP contribution in [0.1, 0.15) is 28.6 Å². The molecule has 0 saturated carbocycles. The minimum atomic E-state index is 0.670. The number of thiophene rings is 1. The molecule has 0 saturated heterocycles. The quantitative estimate of drug-likeness (QED) is 0.349. The van der Waals surface area contributed by atoms with Gasteiger partial charge in [-0.2, -0.15) is 0 Å². The van der Waals surface area contributed by atoms with Gasteiger partial charge in [-0.15, -0.1) is 11.3 Å². The molecule has 26 heavy (non-hydrogen) atoms. The molecule has 0 amide bonds. The number of benzene rings is 1. The number of thioether (sulfide) groups is 1. The minimum Gasteiger partial charge on any atom is -0.440 e. The Bertz CT molecular complexity index is 1090. The molecule has 4 aromatic rings. The van der Waals surface area contributed by atoms with Gasteiger partial charge in [-0.25, -0.2) is 15.0 Å². The van der Waals surface area contributed by atoms with Gasteiger partial charge >= 0.3 is 0 Å². The molecule has 4 nitrogen and oxygen atoms in total. The summed E-state index contributed by atoms with van der Waals surface area (Å²) in [7, 11) is 0. The van der Waals surface area contributed by atoms with Crippen LogP contribution in [0.5, 0.6) is 0 Å². The number of rotatable bonds is 4. The second-order valence-corrected chi connectivity index (χ2v) is 8.43. The SMILES string of the molecule is Cc1nc(SCc2ncc(-c3ccccc3)o2)c2c3c(sc2n1)CCC3. The van der Waals surface area contributed by atoms with Crippen molar-refractivity contribution >= 4 is 33.3 Å². The summed E-state index contributed by atoms with van der Waals surface area (Å²) < 4.78 is 5.94. The van der Waals surface area contributed by atoms with Crippen molar-refractivity contribution < 1.29 is 4.42 Å². The molecule has 0 N–H and O–H groups in total. The van der Waals surface area contributed by atoms with Crippen LogP contribution < -0.4 is 0 Å². The highest BCUT2D eigenvalue weighted by Crippen LogP contribution is 2.41. The van der Waals surface area contributed by atoms with Crippen LogP contribution in [0.25, 0.3) is 21.5 Å². The zero-order chi connectivity index (χ0) is 17.5. The fraction of sp³-hybridized carbons (Fsp3) is 0.250. The third kappa shape index (κ3) is 2.83. The zero-order valence-corrected chi connectivity index (χ0v) is 16.0. The first-order valence-electron chi connectivity index (χ1n) is 8.70. The molecule has 0 fully saturated rings. The Morgan fingerprint density at radius 1 is 1.15 bits per heavy atom. The lowest BCUT2D eigenvalue weighted by Crippen LogP contribution is -1.93. The van der Waals surface area contributed by atoms with Crippen molar-refractivity contribution in [2.75, 3.05) is 0 Å². The number of nitrogens with zero attached hydrogens (tertiary/aromatic N) is 3. The second kappa shape index (κ2) is 6.52. The molecule has 6 heteroatoms. The number of hydrogen-bond acceptors (Lipinski definition) is 6. The Balaban J connectivity index is 1.43. The molecular weight excluding hydrogens is 362 g/mol. The fourth-order valence-corrected chi connectivity index (χ4v) is 5.74. The Labute approximate surface area is 159 Å². The normalized spacial score (nSPS) is 13.4. The maximum Gasteiger partial charge on any atom is 0.205 e. The van der Waals surface area contributed by atoms with E-state index in [4.69, 9.17) is 9.40 Å². The minimum absolute atomic E-state index is 0.670. The third-order valence-corrected chi connectivity index (χ3v) is 6.73. The van der Waals surface area contributed by atoms with Gasteiger partial charge in [0.05, 0.1) is 11.9 Å². The number of oxazole rings is 1. The molecule has 1 aliphatic carbocycles. The molecule has 0 radical (unpaired) electrons. The topological polar surface area (TPSA) is 51.8 Å². The van der Waals surface area contributed by atoms with E-state index in [-0.39, 0.29) is 0 Å². The number of fused-ring (bicyclic) bond motifs is 3. The molecule has 3 heterocycles. The highest BCUT2D eigenvalue weighted by Gasteiger charge is 2.22. The smallest absolute Gasteiger partial charge is 0.205 e. The van der Waals surface area contributed by atoms with Gasteiger partial charge in [0.15, 0.2) is 5.76 Å². The average Bonchev–Trinajstić information content (AvgIpc) is 3.36. The van der Waals surface area contributed by atoms with Crippen molar-refractivity contribution in [3.8, 4) is 11.3 Å². The molecule has 1 aromatic carbocycles. The number of aryl methyl sites for hydroxylation is 3. The van der Waals surface area contributed by atoms with E-state index in [1.807, 2.05) is 48.6 Å². The largest absolute Gasteiger partial charge is 0.440 e. The monoisotopic (exact) mass is 379 g/mol. The highest BCUT2D eigenvalue weighted by atomic mass is 32.2. The van der Waals surface area contributed by atoms with E-state index in [1.165, 1.54) is 28.7 Å². The van der Waals surface area contributed by atoms with Gasteiger partial charge in [0.25, 0.3) is 0 Å². The van der Waals surface area contributed by atoms with Gasteiger partial charge < -0.3 is 4.42 Å². The van der Waals surface area contributed by atoms with Crippen molar-refractivity contribution in [1.29, 1.82) is 0 Å². The van der Waals surface area contributed by atoms with Crippen LogP contribution in [-0.2, 0) is 18.6 Å². The summed E-state index contributed by atoms with van der Waals surface area (Å²) in [5.41, 5.74) is 2.51. The molecule has 1 aliphatic rings. The van der Waals surface area contributed by atoms with Gasteiger partial charge in [-0.1, -0.05) is 42.1 Å². The molecule has 0 aliphatic heterocycles. The summed E-state index contributed by atoms with van der Waals surface area (Å²) in [6.07, 6.45) is 5.37. The maximum absolute atomic E-state index is 5.94. The van der Waals surface area contributed by atoms with Crippen LogP contribution in [0, 0.1) is 6.92 Å². The molecular formula is C20H17N3OS2. The van der Waals surface area contributed by atoms with E-state index < -0.39 is 0 Å². The standard InChI is InChI=1S/C20H17N3OS2/c1-12-22-19(18-14-8-5-9-16(14)26-20(18)23-12)25-11-17-21-10-15(24-17)13-6-3-2-4-7-13/h2-4,6-7,10H,5,8-9,11H2,1H3. The van der Waals surface area contributed by atoms with Crippen LogP contribution in [0.4, 0.5) is 0 Å². The highest BCUT2D eigenvalue weighted by molar-refractivity contribution is 7.98. The van der Waals surface area contributed by atoms with Gasteiger partial charge in [0, 0.05) is 15.8 Å². The van der Waals surface area contributed by atoms with Crippen molar-refractivity contribution in [1.82, 2.24) is 15.0 Å². The van der Waals surface area contributed by atoms with E-state index >= 15 is 0 Å². The summed E-state index contributed by atoms with van der Waals surface area (Å²) in [5.74, 6) is 3.03. The lowest BCUT2D eigenvalue weighted by atomic mass is 10.2. The van der Waals surface area contributed by atoms with Crippen molar-refractivity contribution in [2.24, 2.45) is 0 Å². The predicted molar refractivity (Wildman–Crippen MR) is 106 cm³/mol. The van der Waals surface area contributed by atoms with Crippen molar-refractivity contribution in [2.45, 2.75) is 37.0 Å². The Hall–Kier alpha value is -2.18. The number of hydrogen-bond donors (Lipinski definition) is 0. The van der Waals surface area contributed by atoms with E-state index in [9.17, 15) is 0 Å². The van der Waals surface area contributed by atoms with E-state index in [2.05, 4.69) is 9.97 Å². The zero-order valence-electron chi connectivity index (χ0n) is 14.4. The first-order valence-corrected chi connectivity index (χ1v) is 10.5. The molecule has 0 bridgehead atoms. The summed E-state index contributed by atoms with van der Waals surface area (Å²) in [6.45, 7) is 1.97. The maximum atomic E-state index is 5.94. The lowest BCUT2D eigenvalue weighted by Gasteiger charge is -2.04. The van der Waals surface area contributed by atoms with Crippen molar-refractivity contribution in [3.63, 3.8) is 0 Å². The first kappa shape index (κ1) is 16.0. The van der Waals surface area contributed by atoms with Gasteiger partial charge in [0.2, 0.25) is 5.89 Å². The summed E-state index contributed by atoms with van der Waals surface area (Å²) in [4.78, 5) is 16.4. The fourth-order valence-electron chi connectivity index (χ4n) is 3.41. The average molecular weight is 380 g/mol. The molecule has 3 aromatic heterocycles. The first-order chi connectivity index (χ1) is 12.8.